The summed E-state index contributed by atoms with van der Waals surface area (Å²) in [4.78, 5) is 17.3. The van der Waals surface area contributed by atoms with Crippen LogP contribution in [0.4, 0.5) is 0 Å². The first-order chi connectivity index (χ1) is 7.18. The molecule has 0 spiro atoms. The molecule has 2 rings (SSSR count). The maximum absolute atomic E-state index is 11.4. The third-order valence-electron chi connectivity index (χ3n) is 1.95. The Morgan fingerprint density at radius 1 is 1.27 bits per heavy atom. The molecule has 0 bridgehead atoms. The van der Waals surface area contributed by atoms with Gasteiger partial charge >= 0.3 is 0 Å². The summed E-state index contributed by atoms with van der Waals surface area (Å²) in [7, 11) is 0. The van der Waals surface area contributed by atoms with E-state index in [2.05, 4.69) is 25.9 Å². The highest BCUT2D eigenvalue weighted by molar-refractivity contribution is 9.10. The lowest BCUT2D eigenvalue weighted by molar-refractivity contribution is -0.274. The molecular formula is C10H6BrN2O2-. The number of hydrogen-bond acceptors (Lipinski definition) is 3. The van der Waals surface area contributed by atoms with E-state index in [9.17, 15) is 9.90 Å². The standard InChI is InChI=1S/C10H7BrN2O2/c11-7-3-1-6(2-4-7)8-9(14)12-5-13-10(8)15/h1-5H,(H2,12,13,14,15)/p-1. The number of aromatic nitrogens is 2. The minimum absolute atomic E-state index is 0.0741. The van der Waals surface area contributed by atoms with Gasteiger partial charge in [0, 0.05) is 10.4 Å². The molecule has 0 unspecified atom stereocenters. The van der Waals surface area contributed by atoms with Gasteiger partial charge in [0.1, 0.15) is 0 Å². The quantitative estimate of drug-likeness (QED) is 0.845. The highest BCUT2D eigenvalue weighted by Gasteiger charge is 2.04. The van der Waals surface area contributed by atoms with Crippen molar-refractivity contribution in [2.75, 3.05) is 0 Å². The van der Waals surface area contributed by atoms with E-state index in [1.165, 1.54) is 0 Å². The van der Waals surface area contributed by atoms with Crippen LogP contribution in [0.5, 0.6) is 5.88 Å². The second-order valence-electron chi connectivity index (χ2n) is 2.92. The average Bonchev–Trinajstić information content (AvgIpc) is 2.20. The molecule has 1 aromatic carbocycles. The van der Waals surface area contributed by atoms with Crippen LogP contribution in [0, 0.1) is 0 Å². The first-order valence-corrected chi connectivity index (χ1v) is 4.98. The van der Waals surface area contributed by atoms with Crippen LogP contribution in [-0.2, 0) is 0 Å². The van der Waals surface area contributed by atoms with Crippen LogP contribution in [0.2, 0.25) is 0 Å². The monoisotopic (exact) mass is 265 g/mol. The van der Waals surface area contributed by atoms with Crippen molar-refractivity contribution in [3.8, 4) is 17.0 Å². The molecule has 1 aromatic heterocycles. The van der Waals surface area contributed by atoms with Crippen molar-refractivity contribution < 1.29 is 5.11 Å². The van der Waals surface area contributed by atoms with Gasteiger partial charge in [-0.15, -0.1) is 0 Å². The largest absolute Gasteiger partial charge is 0.858 e. The highest BCUT2D eigenvalue weighted by atomic mass is 79.9. The first kappa shape index (κ1) is 9.92. The topological polar surface area (TPSA) is 68.8 Å². The predicted octanol–water partition coefficient (Wildman–Crippen LogP) is 1.27. The Kier molecular flexibility index (Phi) is 2.55. The summed E-state index contributed by atoms with van der Waals surface area (Å²) >= 11 is 3.28. The molecule has 1 heterocycles. The molecule has 0 atom stereocenters. The third kappa shape index (κ3) is 1.92. The number of H-pyrrole nitrogens is 1. The molecule has 76 valence electrons. The molecule has 0 amide bonds. The fourth-order valence-electron chi connectivity index (χ4n) is 1.25. The Hall–Kier alpha value is -1.62. The van der Waals surface area contributed by atoms with Gasteiger partial charge in [-0.1, -0.05) is 28.1 Å². The maximum atomic E-state index is 11.4. The van der Waals surface area contributed by atoms with Crippen molar-refractivity contribution in [3.63, 3.8) is 0 Å². The summed E-state index contributed by atoms with van der Waals surface area (Å²) < 4.78 is 0.888. The summed E-state index contributed by atoms with van der Waals surface area (Å²) in [6.07, 6.45) is 1.10. The van der Waals surface area contributed by atoms with E-state index in [0.717, 1.165) is 10.8 Å². The van der Waals surface area contributed by atoms with Gasteiger partial charge in [0.25, 0.3) is 5.56 Å². The third-order valence-corrected chi connectivity index (χ3v) is 2.48. The Morgan fingerprint density at radius 2 is 1.93 bits per heavy atom. The van der Waals surface area contributed by atoms with Gasteiger partial charge in [0.2, 0.25) is 0 Å². The highest BCUT2D eigenvalue weighted by Crippen LogP contribution is 2.22. The normalized spacial score (nSPS) is 10.2. The number of benzene rings is 1. The lowest BCUT2D eigenvalue weighted by Gasteiger charge is -2.09. The van der Waals surface area contributed by atoms with Crippen LogP contribution in [0.1, 0.15) is 0 Å². The van der Waals surface area contributed by atoms with E-state index in [1.807, 2.05) is 0 Å². The number of nitrogens with one attached hydrogen (secondary N) is 1. The molecule has 5 heteroatoms. The molecule has 0 saturated carbocycles. The molecule has 0 aliphatic carbocycles. The second kappa shape index (κ2) is 3.86. The molecule has 0 saturated heterocycles. The fraction of sp³-hybridized carbons (Fsp3) is 0. The summed E-state index contributed by atoms with van der Waals surface area (Å²) in [6, 6.07) is 6.91. The van der Waals surface area contributed by atoms with Gasteiger partial charge in [-0.05, 0) is 17.7 Å². The Bertz CT molecular complexity index is 534. The van der Waals surface area contributed by atoms with Crippen LogP contribution >= 0.6 is 15.9 Å². The number of hydrogen-bond donors (Lipinski definition) is 1. The van der Waals surface area contributed by atoms with E-state index in [1.54, 1.807) is 24.3 Å². The second-order valence-corrected chi connectivity index (χ2v) is 3.83. The van der Waals surface area contributed by atoms with Crippen LogP contribution < -0.4 is 10.7 Å². The van der Waals surface area contributed by atoms with Crippen molar-refractivity contribution in [1.82, 2.24) is 9.97 Å². The lowest BCUT2D eigenvalue weighted by atomic mass is 10.1. The van der Waals surface area contributed by atoms with Crippen LogP contribution in [0.25, 0.3) is 11.1 Å². The van der Waals surface area contributed by atoms with Crippen LogP contribution in [0.15, 0.2) is 39.9 Å². The Balaban J connectivity index is 2.64. The molecule has 4 nitrogen and oxygen atoms in total. The van der Waals surface area contributed by atoms with E-state index >= 15 is 0 Å². The van der Waals surface area contributed by atoms with Gasteiger partial charge < -0.3 is 10.1 Å². The fourth-order valence-corrected chi connectivity index (χ4v) is 1.52. The van der Waals surface area contributed by atoms with E-state index in [-0.39, 0.29) is 5.56 Å². The van der Waals surface area contributed by atoms with Gasteiger partial charge in [0.05, 0.1) is 11.9 Å². The molecule has 0 fully saturated rings. The first-order valence-electron chi connectivity index (χ1n) is 4.19. The average molecular weight is 266 g/mol. The minimum atomic E-state index is -0.513. The van der Waals surface area contributed by atoms with Crippen LogP contribution in [0.3, 0.4) is 0 Å². The molecule has 1 N–H and O–H groups in total. The van der Waals surface area contributed by atoms with Crippen molar-refractivity contribution in [2.45, 2.75) is 0 Å². The van der Waals surface area contributed by atoms with Gasteiger partial charge in [-0.25, -0.2) is 0 Å². The summed E-state index contributed by atoms with van der Waals surface area (Å²) in [5, 5.41) is 11.4. The van der Waals surface area contributed by atoms with Crippen molar-refractivity contribution in [2.24, 2.45) is 0 Å². The lowest BCUT2D eigenvalue weighted by Crippen LogP contribution is -2.13. The van der Waals surface area contributed by atoms with E-state index in [0.29, 0.717) is 5.56 Å². The zero-order valence-corrected chi connectivity index (χ0v) is 9.11. The molecule has 0 aliphatic heterocycles. The Morgan fingerprint density at radius 3 is 2.53 bits per heavy atom. The summed E-state index contributed by atoms with van der Waals surface area (Å²) in [5.74, 6) is -0.513. The molecule has 2 aromatic rings. The summed E-state index contributed by atoms with van der Waals surface area (Å²) in [5.41, 5.74) is 0.222. The Labute approximate surface area is 93.8 Å². The maximum Gasteiger partial charge on any atom is 0.257 e. The smallest absolute Gasteiger partial charge is 0.257 e. The zero-order chi connectivity index (χ0) is 10.8. The van der Waals surface area contributed by atoms with Crippen molar-refractivity contribution in [1.29, 1.82) is 0 Å². The predicted molar refractivity (Wildman–Crippen MR) is 57.4 cm³/mol. The molecular weight excluding hydrogens is 260 g/mol. The number of rotatable bonds is 1. The molecule has 15 heavy (non-hydrogen) atoms. The van der Waals surface area contributed by atoms with Gasteiger partial charge in [0.15, 0.2) is 0 Å². The van der Waals surface area contributed by atoms with Gasteiger partial charge in [-0.2, -0.15) is 0 Å². The minimum Gasteiger partial charge on any atom is -0.858 e. The van der Waals surface area contributed by atoms with Crippen molar-refractivity contribution in [3.05, 3.63) is 45.4 Å². The number of aromatic amines is 1. The van der Waals surface area contributed by atoms with E-state index in [4.69, 9.17) is 0 Å². The van der Waals surface area contributed by atoms with Crippen LogP contribution in [-0.4, -0.2) is 9.97 Å². The summed E-state index contributed by atoms with van der Waals surface area (Å²) in [6.45, 7) is 0. The SMILES string of the molecule is O=c1[nH]cnc([O-])c1-c1ccc(Br)cc1. The zero-order valence-electron chi connectivity index (χ0n) is 7.53. The van der Waals surface area contributed by atoms with E-state index < -0.39 is 11.4 Å². The number of nitrogens with zero attached hydrogens (tertiary/aromatic N) is 1. The molecule has 0 radical (unpaired) electrons. The van der Waals surface area contributed by atoms with Gasteiger partial charge in [-0.3, -0.25) is 9.78 Å². The van der Waals surface area contributed by atoms with Crippen molar-refractivity contribution >= 4 is 15.9 Å². The number of halogens is 1. The molecule has 0 aliphatic rings.